The molecule has 1 atom stereocenters. The first-order valence-corrected chi connectivity index (χ1v) is 12.7. The first-order valence-electron chi connectivity index (χ1n) is 9.61. The number of benzene rings is 1. The molecule has 0 saturated carbocycles. The first kappa shape index (κ1) is 21.1. The summed E-state index contributed by atoms with van der Waals surface area (Å²) < 4.78 is 27.4. The molecule has 0 bridgehead atoms. The summed E-state index contributed by atoms with van der Waals surface area (Å²) in [6, 6.07) is 6.83. The van der Waals surface area contributed by atoms with Crippen LogP contribution in [0, 0.1) is 5.92 Å². The molecule has 1 saturated heterocycles. The van der Waals surface area contributed by atoms with E-state index in [2.05, 4.69) is 18.4 Å². The molecule has 1 fully saturated rings. The van der Waals surface area contributed by atoms with Crippen molar-refractivity contribution >= 4 is 50.5 Å². The van der Waals surface area contributed by atoms with Crippen molar-refractivity contribution in [2.75, 3.05) is 19.6 Å². The average Bonchev–Trinajstić information content (AvgIpc) is 3.17. The van der Waals surface area contributed by atoms with E-state index in [1.54, 1.807) is 17.4 Å². The van der Waals surface area contributed by atoms with Crippen molar-refractivity contribution in [3.05, 3.63) is 50.1 Å². The minimum atomic E-state index is -3.79. The van der Waals surface area contributed by atoms with Crippen LogP contribution in [-0.4, -0.2) is 43.2 Å². The summed E-state index contributed by atoms with van der Waals surface area (Å²) in [5, 5.41) is 2.31. The van der Waals surface area contributed by atoms with Gasteiger partial charge in [-0.2, -0.15) is 4.31 Å². The minimum Gasteiger partial charge on any atom is -0.335 e. The molecule has 1 amide bonds. The number of piperidine rings is 1. The predicted octanol–water partition coefficient (Wildman–Crippen LogP) is 4.60. The van der Waals surface area contributed by atoms with Crippen LogP contribution in [0.4, 0.5) is 0 Å². The van der Waals surface area contributed by atoms with Crippen LogP contribution in [0.15, 0.2) is 34.5 Å². The van der Waals surface area contributed by atoms with Gasteiger partial charge in [0.2, 0.25) is 15.9 Å². The standard InChI is InChI=1S/C20H22Cl2N2O3S2/c1-13-15-8-12-28-18(15)7-11-24(13)20(25)14-5-9-23(10-6-14)29(26,27)19-16(21)3-2-4-17(19)22/h2-4,8,12-14H,5-7,9-11H2,1H3. The van der Waals surface area contributed by atoms with E-state index in [-0.39, 0.29) is 45.9 Å². The van der Waals surface area contributed by atoms with Gasteiger partial charge in [0.25, 0.3) is 0 Å². The third kappa shape index (κ3) is 3.83. The van der Waals surface area contributed by atoms with E-state index < -0.39 is 10.0 Å². The molecule has 156 valence electrons. The Kier molecular flexibility index (Phi) is 5.97. The van der Waals surface area contributed by atoms with Crippen LogP contribution in [-0.2, 0) is 21.2 Å². The van der Waals surface area contributed by atoms with Crippen molar-refractivity contribution in [2.45, 2.75) is 37.1 Å². The second-order valence-electron chi connectivity index (χ2n) is 7.49. The van der Waals surface area contributed by atoms with E-state index in [0.717, 1.165) is 13.0 Å². The third-order valence-corrected chi connectivity index (χ3v) is 9.73. The zero-order valence-electron chi connectivity index (χ0n) is 16.0. The molecular formula is C20H22Cl2N2O3S2. The number of halogens is 2. The van der Waals surface area contributed by atoms with Crippen LogP contribution in [0.2, 0.25) is 10.0 Å². The number of amides is 1. The Labute approximate surface area is 185 Å². The van der Waals surface area contributed by atoms with E-state index in [9.17, 15) is 13.2 Å². The van der Waals surface area contributed by atoms with Crippen molar-refractivity contribution in [2.24, 2.45) is 5.92 Å². The summed E-state index contributed by atoms with van der Waals surface area (Å²) >= 11 is 14.0. The highest BCUT2D eigenvalue weighted by Crippen LogP contribution is 2.36. The highest BCUT2D eigenvalue weighted by Gasteiger charge is 2.37. The lowest BCUT2D eigenvalue weighted by atomic mass is 9.93. The van der Waals surface area contributed by atoms with E-state index in [1.807, 2.05) is 4.90 Å². The number of sulfonamides is 1. The summed E-state index contributed by atoms with van der Waals surface area (Å²) in [4.78, 5) is 16.4. The van der Waals surface area contributed by atoms with Crippen LogP contribution < -0.4 is 0 Å². The molecule has 29 heavy (non-hydrogen) atoms. The number of hydrogen-bond acceptors (Lipinski definition) is 4. The monoisotopic (exact) mass is 472 g/mol. The number of thiophene rings is 1. The topological polar surface area (TPSA) is 57.7 Å². The van der Waals surface area contributed by atoms with Crippen molar-refractivity contribution in [1.29, 1.82) is 0 Å². The van der Waals surface area contributed by atoms with Crippen molar-refractivity contribution < 1.29 is 13.2 Å². The molecule has 2 aliphatic rings. The Morgan fingerprint density at radius 2 is 1.76 bits per heavy atom. The van der Waals surface area contributed by atoms with Gasteiger partial charge in [-0.15, -0.1) is 11.3 Å². The lowest BCUT2D eigenvalue weighted by Gasteiger charge is -2.38. The predicted molar refractivity (Wildman–Crippen MR) is 116 cm³/mol. The Bertz CT molecular complexity index is 1010. The van der Waals surface area contributed by atoms with Crippen molar-refractivity contribution in [3.63, 3.8) is 0 Å². The number of carbonyl (C=O) groups excluding carboxylic acids is 1. The second-order valence-corrected chi connectivity index (χ2v) is 11.2. The zero-order valence-corrected chi connectivity index (χ0v) is 19.1. The van der Waals surface area contributed by atoms with Gasteiger partial charge in [0.15, 0.2) is 0 Å². The molecule has 0 spiro atoms. The maximum absolute atomic E-state index is 13.1. The van der Waals surface area contributed by atoms with Crippen LogP contribution in [0.1, 0.15) is 36.2 Å². The Morgan fingerprint density at radius 1 is 1.10 bits per heavy atom. The molecule has 2 aromatic rings. The van der Waals surface area contributed by atoms with Crippen LogP contribution >= 0.6 is 34.5 Å². The lowest BCUT2D eigenvalue weighted by molar-refractivity contribution is -0.139. The second kappa shape index (κ2) is 8.19. The highest BCUT2D eigenvalue weighted by molar-refractivity contribution is 7.89. The molecule has 0 N–H and O–H groups in total. The van der Waals surface area contributed by atoms with E-state index in [0.29, 0.717) is 12.8 Å². The van der Waals surface area contributed by atoms with Crippen molar-refractivity contribution in [1.82, 2.24) is 9.21 Å². The summed E-state index contributed by atoms with van der Waals surface area (Å²) in [5.74, 6) is -0.0343. The van der Waals surface area contributed by atoms with Gasteiger partial charge in [0, 0.05) is 30.4 Å². The summed E-state index contributed by atoms with van der Waals surface area (Å²) in [6.07, 6.45) is 1.89. The zero-order chi connectivity index (χ0) is 20.8. The lowest BCUT2D eigenvalue weighted by Crippen LogP contribution is -2.46. The molecule has 0 radical (unpaired) electrons. The van der Waals surface area contributed by atoms with Crippen LogP contribution in [0.3, 0.4) is 0 Å². The minimum absolute atomic E-state index is 0.0530. The van der Waals surface area contributed by atoms with Gasteiger partial charge in [-0.1, -0.05) is 29.3 Å². The van der Waals surface area contributed by atoms with Gasteiger partial charge in [-0.05, 0) is 55.3 Å². The Morgan fingerprint density at radius 3 is 2.41 bits per heavy atom. The fraction of sp³-hybridized carbons (Fsp3) is 0.450. The van der Waals surface area contributed by atoms with Gasteiger partial charge in [0.1, 0.15) is 4.90 Å². The molecule has 9 heteroatoms. The highest BCUT2D eigenvalue weighted by atomic mass is 35.5. The van der Waals surface area contributed by atoms with Gasteiger partial charge in [-0.25, -0.2) is 8.42 Å². The molecule has 1 unspecified atom stereocenters. The van der Waals surface area contributed by atoms with E-state index in [4.69, 9.17) is 23.2 Å². The molecule has 1 aromatic carbocycles. The maximum atomic E-state index is 13.1. The fourth-order valence-corrected chi connectivity index (χ4v) is 7.77. The van der Waals surface area contributed by atoms with Gasteiger partial charge in [-0.3, -0.25) is 4.79 Å². The van der Waals surface area contributed by atoms with Crippen LogP contribution in [0.5, 0.6) is 0 Å². The largest absolute Gasteiger partial charge is 0.335 e. The summed E-state index contributed by atoms with van der Waals surface area (Å²) in [7, 11) is -3.79. The molecule has 3 heterocycles. The SMILES string of the molecule is CC1c2ccsc2CCN1C(=O)C1CCN(S(=O)(=O)c2c(Cl)cccc2Cl)CC1. The van der Waals surface area contributed by atoms with Gasteiger partial charge >= 0.3 is 0 Å². The maximum Gasteiger partial charge on any atom is 0.246 e. The molecule has 5 nitrogen and oxygen atoms in total. The number of nitrogens with zero attached hydrogens (tertiary/aromatic N) is 2. The molecule has 0 aliphatic carbocycles. The summed E-state index contributed by atoms with van der Waals surface area (Å²) in [5.41, 5.74) is 1.24. The molecule has 1 aromatic heterocycles. The van der Waals surface area contributed by atoms with Gasteiger partial charge < -0.3 is 4.90 Å². The normalized spacial score (nSPS) is 21.2. The molecule has 2 aliphatic heterocycles. The summed E-state index contributed by atoms with van der Waals surface area (Å²) in [6.45, 7) is 3.36. The number of fused-ring (bicyclic) bond motifs is 1. The van der Waals surface area contributed by atoms with E-state index in [1.165, 1.54) is 26.9 Å². The van der Waals surface area contributed by atoms with Crippen molar-refractivity contribution in [3.8, 4) is 0 Å². The number of rotatable bonds is 3. The third-order valence-electron chi connectivity index (χ3n) is 5.88. The van der Waals surface area contributed by atoms with Gasteiger partial charge in [0.05, 0.1) is 16.1 Å². The quantitative estimate of drug-likeness (QED) is 0.655. The number of hydrogen-bond donors (Lipinski definition) is 0. The fourth-order valence-electron chi connectivity index (χ4n) is 4.25. The first-order chi connectivity index (χ1) is 13.8. The Balaban J connectivity index is 1.45. The smallest absolute Gasteiger partial charge is 0.246 e. The molecule has 4 rings (SSSR count). The number of carbonyl (C=O) groups is 1. The van der Waals surface area contributed by atoms with E-state index >= 15 is 0 Å². The van der Waals surface area contributed by atoms with Crippen LogP contribution in [0.25, 0.3) is 0 Å². The average molecular weight is 473 g/mol. The Hall–Kier alpha value is -1.12. The molecular weight excluding hydrogens is 451 g/mol.